The molecule has 0 radical (unpaired) electrons. The molecule has 234 valence electrons. The number of nitrogens with one attached hydrogen (secondary N) is 2. The summed E-state index contributed by atoms with van der Waals surface area (Å²) >= 11 is 0. The fourth-order valence-electron chi connectivity index (χ4n) is 6.95. The fraction of sp³-hybridized carbons (Fsp3) is 0. The Kier molecular flexibility index (Phi) is 7.11. The van der Waals surface area contributed by atoms with Crippen LogP contribution >= 0.6 is 0 Å². The van der Waals surface area contributed by atoms with Crippen molar-refractivity contribution in [2.75, 3.05) is 0 Å². The topological polar surface area (TPSA) is 81.1 Å². The van der Waals surface area contributed by atoms with Crippen molar-refractivity contribution < 1.29 is 0 Å². The van der Waals surface area contributed by atoms with E-state index in [9.17, 15) is 5.26 Å². The number of nitriles is 1. The van der Waals surface area contributed by atoms with Gasteiger partial charge in [-0.25, -0.2) is 9.97 Å². The highest BCUT2D eigenvalue weighted by atomic mass is 14.8. The number of aromatic nitrogens is 4. The lowest BCUT2D eigenvalue weighted by Crippen LogP contribution is -1.91. The van der Waals surface area contributed by atoms with E-state index in [1.165, 1.54) is 0 Å². The molecule has 7 aromatic rings. The third-order valence-electron chi connectivity index (χ3n) is 9.24. The number of rotatable bonds is 4. The standard InChI is InChI=1S/C45H29N5/c46-28-29-16-18-33(19-17-29)45-40-26-24-38(49-40)43(31-12-6-2-7-13-31)36-22-20-34(47-36)42(30-10-4-1-5-11-30)35-21-23-37(48-35)44(32-14-8-3-9-15-32)39-25-27-41(45)50-39/h1-27,47-48H. The molecule has 2 aliphatic heterocycles. The molecular formula is C45H29N5. The van der Waals surface area contributed by atoms with Crippen molar-refractivity contribution in [1.29, 1.82) is 5.26 Å². The third kappa shape index (κ3) is 5.13. The Balaban J connectivity index is 1.47. The van der Waals surface area contributed by atoms with Gasteiger partial charge in [0.25, 0.3) is 0 Å². The van der Waals surface area contributed by atoms with Gasteiger partial charge in [-0.1, -0.05) is 103 Å². The van der Waals surface area contributed by atoms with Crippen LogP contribution in [0.5, 0.6) is 0 Å². The summed E-state index contributed by atoms with van der Waals surface area (Å²) in [7, 11) is 0. The Labute approximate surface area is 289 Å². The molecule has 0 saturated heterocycles. The second-order valence-electron chi connectivity index (χ2n) is 12.3. The lowest BCUT2D eigenvalue weighted by Gasteiger charge is -2.07. The summed E-state index contributed by atoms with van der Waals surface area (Å²) < 4.78 is 0. The highest BCUT2D eigenvalue weighted by Crippen LogP contribution is 2.38. The van der Waals surface area contributed by atoms with Gasteiger partial charge in [-0.15, -0.1) is 0 Å². The van der Waals surface area contributed by atoms with Crippen LogP contribution in [0.1, 0.15) is 28.3 Å². The predicted molar refractivity (Wildman–Crippen MR) is 205 cm³/mol. The molecule has 0 aliphatic carbocycles. The molecule has 2 N–H and O–H groups in total. The number of benzene rings is 4. The Hall–Kier alpha value is -7.03. The minimum absolute atomic E-state index is 0.603. The molecule has 4 aromatic carbocycles. The number of nitrogens with zero attached hydrogens (tertiary/aromatic N) is 3. The normalized spacial score (nSPS) is 11.8. The van der Waals surface area contributed by atoms with Crippen LogP contribution in [-0.4, -0.2) is 19.9 Å². The summed E-state index contributed by atoms with van der Waals surface area (Å²) in [5.41, 5.74) is 16.0. The van der Waals surface area contributed by atoms with E-state index in [4.69, 9.17) is 9.97 Å². The lowest BCUT2D eigenvalue weighted by atomic mass is 10.0. The maximum absolute atomic E-state index is 9.54. The van der Waals surface area contributed by atoms with Crippen LogP contribution in [0.4, 0.5) is 0 Å². The van der Waals surface area contributed by atoms with Gasteiger partial charge >= 0.3 is 0 Å². The van der Waals surface area contributed by atoms with Gasteiger partial charge in [0.1, 0.15) is 0 Å². The first-order valence-electron chi connectivity index (χ1n) is 16.6. The zero-order valence-electron chi connectivity index (χ0n) is 26.9. The van der Waals surface area contributed by atoms with E-state index in [-0.39, 0.29) is 0 Å². The molecular weight excluding hydrogens is 611 g/mol. The van der Waals surface area contributed by atoms with Crippen LogP contribution in [0.15, 0.2) is 140 Å². The Morgan fingerprint density at radius 2 is 0.700 bits per heavy atom. The minimum Gasteiger partial charge on any atom is -0.354 e. The summed E-state index contributed by atoms with van der Waals surface area (Å²) in [4.78, 5) is 18.2. The van der Waals surface area contributed by atoms with E-state index in [0.717, 1.165) is 89.4 Å². The van der Waals surface area contributed by atoms with Crippen LogP contribution in [0.25, 0.3) is 90.9 Å². The summed E-state index contributed by atoms with van der Waals surface area (Å²) in [6.07, 6.45) is 8.32. The van der Waals surface area contributed by atoms with E-state index >= 15 is 0 Å². The van der Waals surface area contributed by atoms with Crippen LogP contribution < -0.4 is 0 Å². The molecule has 0 unspecified atom stereocenters. The van der Waals surface area contributed by atoms with Crippen LogP contribution in [0, 0.1) is 11.3 Å². The first-order valence-corrected chi connectivity index (χ1v) is 16.6. The number of hydrogen-bond donors (Lipinski definition) is 2. The van der Waals surface area contributed by atoms with Gasteiger partial charge < -0.3 is 9.97 Å². The summed E-state index contributed by atoms with van der Waals surface area (Å²) in [6.45, 7) is 0. The molecule has 3 aromatic heterocycles. The second-order valence-corrected chi connectivity index (χ2v) is 12.3. The largest absolute Gasteiger partial charge is 0.354 e. The SMILES string of the molecule is N#Cc1ccc(-c2c3nc(c(-c4ccccc4)c4ccc([nH]4)c(-c4ccccc4)c4ccc([nH]4)c(-c4ccccc4)c4nc2C=C4)C=C3)cc1. The Morgan fingerprint density at radius 3 is 1.10 bits per heavy atom. The molecule has 9 rings (SSSR count). The molecule has 8 bridgehead atoms. The molecule has 5 nitrogen and oxygen atoms in total. The maximum atomic E-state index is 9.54. The summed E-state index contributed by atoms with van der Waals surface area (Å²) in [5.74, 6) is 0. The number of H-pyrrole nitrogens is 2. The first kappa shape index (κ1) is 29.1. The van der Waals surface area contributed by atoms with Crippen LogP contribution in [0.3, 0.4) is 0 Å². The molecule has 0 amide bonds. The maximum Gasteiger partial charge on any atom is 0.0991 e. The monoisotopic (exact) mass is 639 g/mol. The third-order valence-corrected chi connectivity index (χ3v) is 9.24. The average Bonchev–Trinajstić information content (AvgIpc) is 4.01. The molecule has 50 heavy (non-hydrogen) atoms. The highest BCUT2D eigenvalue weighted by Gasteiger charge is 2.19. The zero-order chi connectivity index (χ0) is 33.4. The molecule has 0 saturated carbocycles. The molecule has 0 fully saturated rings. The number of aromatic amines is 2. The fourth-order valence-corrected chi connectivity index (χ4v) is 6.95. The number of hydrogen-bond acceptors (Lipinski definition) is 3. The van der Waals surface area contributed by atoms with Crippen molar-refractivity contribution in [1.82, 2.24) is 19.9 Å². The molecule has 2 aliphatic rings. The second kappa shape index (κ2) is 12.2. The van der Waals surface area contributed by atoms with Gasteiger partial charge in [-0.3, -0.25) is 0 Å². The molecule has 5 heterocycles. The van der Waals surface area contributed by atoms with Gasteiger partial charge in [0.15, 0.2) is 0 Å². The van der Waals surface area contributed by atoms with Gasteiger partial charge in [-0.2, -0.15) is 5.26 Å². The van der Waals surface area contributed by atoms with E-state index in [1.54, 1.807) is 0 Å². The van der Waals surface area contributed by atoms with E-state index in [1.807, 2.05) is 42.5 Å². The first-order chi connectivity index (χ1) is 24.7. The van der Waals surface area contributed by atoms with Crippen molar-refractivity contribution in [2.24, 2.45) is 0 Å². The molecule has 0 atom stereocenters. The smallest absolute Gasteiger partial charge is 0.0991 e. The van der Waals surface area contributed by atoms with Gasteiger partial charge in [0.2, 0.25) is 0 Å². The number of fused-ring (bicyclic) bond motifs is 8. The molecule has 5 heteroatoms. The van der Waals surface area contributed by atoms with E-state index < -0.39 is 0 Å². The quantitative estimate of drug-likeness (QED) is 0.201. The lowest BCUT2D eigenvalue weighted by molar-refractivity contribution is 1.27. The predicted octanol–water partition coefficient (Wildman–Crippen LogP) is 11.2. The molecule has 0 spiro atoms. The van der Waals surface area contributed by atoms with Crippen molar-refractivity contribution in [3.63, 3.8) is 0 Å². The summed E-state index contributed by atoms with van der Waals surface area (Å²) in [6, 6.07) is 49.8. The van der Waals surface area contributed by atoms with E-state index in [0.29, 0.717) is 5.56 Å². The minimum atomic E-state index is 0.603. The van der Waals surface area contributed by atoms with E-state index in [2.05, 4.69) is 137 Å². The van der Waals surface area contributed by atoms with Gasteiger partial charge in [0, 0.05) is 44.3 Å². The van der Waals surface area contributed by atoms with Gasteiger partial charge in [0.05, 0.1) is 34.4 Å². The van der Waals surface area contributed by atoms with Gasteiger partial charge in [-0.05, 0) is 83.0 Å². The zero-order valence-corrected chi connectivity index (χ0v) is 26.9. The van der Waals surface area contributed by atoms with Crippen LogP contribution in [-0.2, 0) is 0 Å². The van der Waals surface area contributed by atoms with Crippen LogP contribution in [0.2, 0.25) is 0 Å². The average molecular weight is 640 g/mol. The highest BCUT2D eigenvalue weighted by molar-refractivity contribution is 6.00. The Bertz CT molecular complexity index is 2540. The van der Waals surface area contributed by atoms with Crippen molar-refractivity contribution in [3.8, 4) is 50.6 Å². The van der Waals surface area contributed by atoms with Crippen molar-refractivity contribution in [3.05, 3.63) is 168 Å². The van der Waals surface area contributed by atoms with Crippen molar-refractivity contribution >= 4 is 46.4 Å². The van der Waals surface area contributed by atoms with Crippen molar-refractivity contribution in [2.45, 2.75) is 0 Å². The Morgan fingerprint density at radius 1 is 0.360 bits per heavy atom. The summed E-state index contributed by atoms with van der Waals surface area (Å²) in [5, 5.41) is 9.54.